The van der Waals surface area contributed by atoms with Gasteiger partial charge in [-0.3, -0.25) is 14.4 Å². The molecule has 1 aromatic carbocycles. The lowest BCUT2D eigenvalue weighted by Crippen LogP contribution is -2.23. The molecule has 0 saturated carbocycles. The van der Waals surface area contributed by atoms with E-state index >= 15 is 0 Å². The molecule has 0 aliphatic carbocycles. The summed E-state index contributed by atoms with van der Waals surface area (Å²) in [4.78, 5) is 35.4. The van der Waals surface area contributed by atoms with Crippen LogP contribution >= 0.6 is 0 Å². The van der Waals surface area contributed by atoms with Crippen molar-refractivity contribution >= 4 is 29.2 Å². The maximum absolute atomic E-state index is 11.6. The van der Waals surface area contributed by atoms with Crippen molar-refractivity contribution in [3.8, 4) is 0 Å². The van der Waals surface area contributed by atoms with Crippen LogP contribution in [0.25, 0.3) is 0 Å². The van der Waals surface area contributed by atoms with Crippen molar-refractivity contribution in [3.05, 3.63) is 24.3 Å². The van der Waals surface area contributed by atoms with Crippen molar-refractivity contribution in [2.75, 3.05) is 23.4 Å². The number of benzene rings is 1. The van der Waals surface area contributed by atoms with Crippen LogP contribution in [0.3, 0.4) is 0 Å². The van der Waals surface area contributed by atoms with Gasteiger partial charge in [-0.2, -0.15) is 0 Å². The minimum atomic E-state index is -0.497. The normalized spacial score (nSPS) is 14.2. The van der Waals surface area contributed by atoms with Crippen LogP contribution in [0.5, 0.6) is 0 Å². The van der Waals surface area contributed by atoms with Crippen LogP contribution in [0, 0.1) is 0 Å². The molecular weight excluding hydrogens is 260 g/mol. The predicted molar refractivity (Wildman–Crippen MR) is 73.3 cm³/mol. The van der Waals surface area contributed by atoms with Gasteiger partial charge in [-0.05, 0) is 30.7 Å². The maximum atomic E-state index is 11.6. The third kappa shape index (κ3) is 3.57. The first-order valence-corrected chi connectivity index (χ1v) is 6.40. The highest BCUT2D eigenvalue weighted by Crippen LogP contribution is 2.22. The number of anilines is 2. The first kappa shape index (κ1) is 14.0. The zero-order valence-corrected chi connectivity index (χ0v) is 11.2. The summed E-state index contributed by atoms with van der Waals surface area (Å²) in [5.74, 6) is -0.773. The highest BCUT2D eigenvalue weighted by atomic mass is 16.5. The molecule has 106 valence electrons. The van der Waals surface area contributed by atoms with E-state index in [2.05, 4.69) is 10.1 Å². The largest absolute Gasteiger partial charge is 0.456 e. The molecule has 1 fully saturated rings. The Hall–Kier alpha value is -2.37. The lowest BCUT2D eigenvalue weighted by Gasteiger charge is -2.16. The summed E-state index contributed by atoms with van der Waals surface area (Å²) < 4.78 is 4.59. The van der Waals surface area contributed by atoms with Crippen molar-refractivity contribution in [2.24, 2.45) is 0 Å². The molecule has 1 aromatic rings. The third-order valence-electron chi connectivity index (χ3n) is 2.94. The van der Waals surface area contributed by atoms with E-state index < -0.39 is 11.9 Å². The summed E-state index contributed by atoms with van der Waals surface area (Å²) in [7, 11) is 0. The number of esters is 1. The predicted octanol–water partition coefficient (Wildman–Crippen LogP) is 1.31. The van der Waals surface area contributed by atoms with E-state index in [1.165, 1.54) is 6.92 Å². The van der Waals surface area contributed by atoms with E-state index in [0.29, 0.717) is 12.1 Å². The molecule has 6 nitrogen and oxygen atoms in total. The van der Waals surface area contributed by atoms with Crippen molar-refractivity contribution in [3.63, 3.8) is 0 Å². The molecule has 20 heavy (non-hydrogen) atoms. The van der Waals surface area contributed by atoms with Crippen LogP contribution in [-0.2, 0) is 19.1 Å². The topological polar surface area (TPSA) is 75.7 Å². The standard InChI is InChI=1S/C14H16N2O4/c1-10(17)20-9-13(18)15-11-4-6-12(7-5-11)16-8-2-3-14(16)19/h4-7H,2-3,8-9H2,1H3,(H,15,18). The Morgan fingerprint density at radius 1 is 1.30 bits per heavy atom. The van der Waals surface area contributed by atoms with Gasteiger partial charge in [0.15, 0.2) is 6.61 Å². The van der Waals surface area contributed by atoms with Crippen molar-refractivity contribution in [2.45, 2.75) is 19.8 Å². The second-order valence-corrected chi connectivity index (χ2v) is 4.52. The van der Waals surface area contributed by atoms with E-state index in [1.54, 1.807) is 29.2 Å². The van der Waals surface area contributed by atoms with Gasteiger partial charge in [0.1, 0.15) is 0 Å². The number of amides is 2. The summed E-state index contributed by atoms with van der Waals surface area (Å²) in [6, 6.07) is 6.99. The number of carbonyl (C=O) groups excluding carboxylic acids is 3. The van der Waals surface area contributed by atoms with E-state index in [0.717, 1.165) is 18.7 Å². The Bertz CT molecular complexity index is 524. The molecule has 1 N–H and O–H groups in total. The van der Waals surface area contributed by atoms with Crippen LogP contribution in [0.2, 0.25) is 0 Å². The average molecular weight is 276 g/mol. The molecule has 1 heterocycles. The molecule has 2 rings (SSSR count). The molecule has 2 amide bonds. The zero-order chi connectivity index (χ0) is 14.5. The molecule has 0 bridgehead atoms. The molecule has 0 aromatic heterocycles. The van der Waals surface area contributed by atoms with Gasteiger partial charge in [0.2, 0.25) is 5.91 Å². The Morgan fingerprint density at radius 2 is 2.00 bits per heavy atom. The fourth-order valence-electron chi connectivity index (χ4n) is 2.01. The molecule has 6 heteroatoms. The number of hydrogen-bond donors (Lipinski definition) is 1. The van der Waals surface area contributed by atoms with E-state index in [1.807, 2.05) is 0 Å². The van der Waals surface area contributed by atoms with E-state index in [-0.39, 0.29) is 12.5 Å². The minimum absolute atomic E-state index is 0.122. The summed E-state index contributed by atoms with van der Waals surface area (Å²) in [6.07, 6.45) is 1.46. The molecule has 0 radical (unpaired) electrons. The molecule has 0 spiro atoms. The third-order valence-corrected chi connectivity index (χ3v) is 2.94. The number of nitrogens with zero attached hydrogens (tertiary/aromatic N) is 1. The van der Waals surface area contributed by atoms with Gasteiger partial charge >= 0.3 is 5.97 Å². The summed E-state index contributed by atoms with van der Waals surface area (Å²) in [6.45, 7) is 1.67. The number of rotatable bonds is 4. The van der Waals surface area contributed by atoms with Gasteiger partial charge in [0.25, 0.3) is 5.91 Å². The highest BCUT2D eigenvalue weighted by molar-refractivity contribution is 5.96. The fourth-order valence-corrected chi connectivity index (χ4v) is 2.01. The fraction of sp³-hybridized carbons (Fsp3) is 0.357. The Kier molecular flexibility index (Phi) is 4.34. The molecule has 1 aliphatic rings. The summed E-state index contributed by atoms with van der Waals surface area (Å²) >= 11 is 0. The molecular formula is C14H16N2O4. The number of carbonyl (C=O) groups is 3. The van der Waals surface area contributed by atoms with Gasteiger partial charge in [0, 0.05) is 31.3 Å². The molecule has 0 atom stereocenters. The smallest absolute Gasteiger partial charge is 0.303 e. The van der Waals surface area contributed by atoms with Crippen molar-refractivity contribution < 1.29 is 19.1 Å². The van der Waals surface area contributed by atoms with E-state index in [4.69, 9.17) is 0 Å². The number of ether oxygens (including phenoxy) is 1. The highest BCUT2D eigenvalue weighted by Gasteiger charge is 2.21. The van der Waals surface area contributed by atoms with E-state index in [9.17, 15) is 14.4 Å². The van der Waals surface area contributed by atoms with Crippen molar-refractivity contribution in [1.29, 1.82) is 0 Å². The lowest BCUT2D eigenvalue weighted by molar-refractivity contribution is -0.144. The number of nitrogens with one attached hydrogen (secondary N) is 1. The Morgan fingerprint density at radius 3 is 2.55 bits per heavy atom. The average Bonchev–Trinajstić information content (AvgIpc) is 2.84. The Balaban J connectivity index is 1.93. The van der Waals surface area contributed by atoms with Crippen LogP contribution in [-0.4, -0.2) is 30.9 Å². The monoisotopic (exact) mass is 276 g/mol. The van der Waals surface area contributed by atoms with Crippen LogP contribution in [0.4, 0.5) is 11.4 Å². The van der Waals surface area contributed by atoms with Crippen LogP contribution in [0.1, 0.15) is 19.8 Å². The van der Waals surface area contributed by atoms with Gasteiger partial charge in [-0.15, -0.1) is 0 Å². The maximum Gasteiger partial charge on any atom is 0.303 e. The second-order valence-electron chi connectivity index (χ2n) is 4.52. The first-order valence-electron chi connectivity index (χ1n) is 6.40. The Labute approximate surface area is 116 Å². The van der Waals surface area contributed by atoms with Crippen molar-refractivity contribution in [1.82, 2.24) is 0 Å². The summed E-state index contributed by atoms with van der Waals surface area (Å²) in [5, 5.41) is 2.61. The minimum Gasteiger partial charge on any atom is -0.456 e. The number of hydrogen-bond acceptors (Lipinski definition) is 4. The van der Waals surface area contributed by atoms with Gasteiger partial charge < -0.3 is 15.0 Å². The lowest BCUT2D eigenvalue weighted by atomic mass is 10.2. The van der Waals surface area contributed by atoms with Crippen LogP contribution in [0.15, 0.2) is 24.3 Å². The second kappa shape index (κ2) is 6.18. The molecule has 0 unspecified atom stereocenters. The SMILES string of the molecule is CC(=O)OCC(=O)Nc1ccc(N2CCCC2=O)cc1. The molecule has 1 aliphatic heterocycles. The van der Waals surface area contributed by atoms with Gasteiger partial charge in [-0.1, -0.05) is 0 Å². The van der Waals surface area contributed by atoms with Gasteiger partial charge in [-0.25, -0.2) is 0 Å². The quantitative estimate of drug-likeness (QED) is 0.841. The first-order chi connectivity index (χ1) is 9.56. The summed E-state index contributed by atoms with van der Waals surface area (Å²) in [5.41, 5.74) is 1.42. The van der Waals surface area contributed by atoms with Crippen LogP contribution < -0.4 is 10.2 Å². The zero-order valence-electron chi connectivity index (χ0n) is 11.2. The van der Waals surface area contributed by atoms with Gasteiger partial charge in [0.05, 0.1) is 0 Å². The molecule has 1 saturated heterocycles.